The summed E-state index contributed by atoms with van der Waals surface area (Å²) in [6.45, 7) is 1.59. The molecule has 0 amide bonds. The van der Waals surface area contributed by atoms with Gasteiger partial charge in [-0.2, -0.15) is 4.73 Å². The van der Waals surface area contributed by atoms with Crippen molar-refractivity contribution in [2.24, 2.45) is 0 Å². The second-order valence-electron chi connectivity index (χ2n) is 6.61. The zero-order valence-corrected chi connectivity index (χ0v) is 15.5. The largest absolute Gasteiger partial charge is 0.618 e. The van der Waals surface area contributed by atoms with Crippen molar-refractivity contribution < 1.29 is 9.84 Å². The third-order valence-electron chi connectivity index (χ3n) is 4.65. The number of rotatable bonds is 4. The van der Waals surface area contributed by atoms with Crippen LogP contribution in [-0.2, 0) is 0 Å². The highest BCUT2D eigenvalue weighted by atomic mass is 16.5. The van der Waals surface area contributed by atoms with Gasteiger partial charge in [-0.25, -0.2) is 4.98 Å². The summed E-state index contributed by atoms with van der Waals surface area (Å²) < 4.78 is 0.831. The molecule has 0 aliphatic rings. The zero-order chi connectivity index (χ0) is 19.5. The summed E-state index contributed by atoms with van der Waals surface area (Å²) >= 11 is 0. The minimum absolute atomic E-state index is 0.240. The molecule has 28 heavy (non-hydrogen) atoms. The molecule has 0 saturated heterocycles. The lowest BCUT2D eigenvalue weighted by molar-refractivity contribution is -0.606. The van der Waals surface area contributed by atoms with E-state index < -0.39 is 6.10 Å². The molecule has 0 radical (unpaired) electrons. The van der Waals surface area contributed by atoms with Crippen LogP contribution >= 0.6 is 0 Å². The van der Waals surface area contributed by atoms with Crippen LogP contribution in [0.15, 0.2) is 91.0 Å². The Kier molecular flexibility index (Phi) is 4.87. The Morgan fingerprint density at radius 3 is 1.61 bits per heavy atom. The summed E-state index contributed by atoms with van der Waals surface area (Å²) in [6, 6.07) is 28.6. The first-order valence-corrected chi connectivity index (χ1v) is 9.18. The molecular weight excluding hydrogens is 348 g/mol. The van der Waals surface area contributed by atoms with Crippen LogP contribution in [0, 0.1) is 5.21 Å². The molecule has 0 aliphatic carbocycles. The Balaban J connectivity index is 2.10. The summed E-state index contributed by atoms with van der Waals surface area (Å²) in [5.74, 6) is 0. The van der Waals surface area contributed by atoms with Gasteiger partial charge in [-0.3, -0.25) is 0 Å². The van der Waals surface area contributed by atoms with Gasteiger partial charge in [0.2, 0.25) is 5.69 Å². The number of aliphatic hydroxyl groups excluding tert-OH is 1. The standard InChI is InChI=1S/C24H20N2O2/c1-17(27)23-21(18-11-5-2-6-12-18)25-22(19-13-7-3-8-14-19)24(26(23)28)20-15-9-4-10-16-20/h2-17,27H,1H3. The van der Waals surface area contributed by atoms with Crippen LogP contribution in [-0.4, -0.2) is 10.1 Å². The number of hydrogen-bond acceptors (Lipinski definition) is 3. The molecule has 0 fully saturated rings. The van der Waals surface area contributed by atoms with Gasteiger partial charge in [0, 0.05) is 16.7 Å². The second kappa shape index (κ2) is 7.62. The minimum Gasteiger partial charge on any atom is -0.618 e. The molecule has 4 rings (SSSR count). The number of hydrogen-bond donors (Lipinski definition) is 1. The highest BCUT2D eigenvalue weighted by Gasteiger charge is 2.29. The van der Waals surface area contributed by atoms with Crippen LogP contribution in [0.25, 0.3) is 33.8 Å². The fourth-order valence-corrected chi connectivity index (χ4v) is 3.36. The number of aromatic nitrogens is 2. The van der Waals surface area contributed by atoms with E-state index in [4.69, 9.17) is 4.98 Å². The second-order valence-corrected chi connectivity index (χ2v) is 6.61. The van der Waals surface area contributed by atoms with Crippen molar-refractivity contribution in [1.29, 1.82) is 0 Å². The maximum atomic E-state index is 13.5. The van der Waals surface area contributed by atoms with E-state index in [0.29, 0.717) is 17.1 Å². The van der Waals surface area contributed by atoms with Gasteiger partial charge in [-0.05, 0) is 19.1 Å². The molecule has 1 heterocycles. The molecule has 1 aromatic heterocycles. The molecule has 0 aliphatic heterocycles. The Morgan fingerprint density at radius 1 is 0.714 bits per heavy atom. The molecule has 4 nitrogen and oxygen atoms in total. The summed E-state index contributed by atoms with van der Waals surface area (Å²) in [4.78, 5) is 4.89. The molecule has 1 atom stereocenters. The Morgan fingerprint density at radius 2 is 1.14 bits per heavy atom. The van der Waals surface area contributed by atoms with Crippen molar-refractivity contribution in [2.75, 3.05) is 0 Å². The van der Waals surface area contributed by atoms with Crippen molar-refractivity contribution >= 4 is 0 Å². The monoisotopic (exact) mass is 368 g/mol. The van der Waals surface area contributed by atoms with E-state index in [9.17, 15) is 10.3 Å². The van der Waals surface area contributed by atoms with Crippen molar-refractivity contribution in [3.63, 3.8) is 0 Å². The van der Waals surface area contributed by atoms with Gasteiger partial charge in [-0.15, -0.1) is 0 Å². The Labute approximate surface area is 164 Å². The third kappa shape index (κ3) is 3.26. The van der Waals surface area contributed by atoms with Crippen LogP contribution in [0.1, 0.15) is 18.7 Å². The fourth-order valence-electron chi connectivity index (χ4n) is 3.36. The van der Waals surface area contributed by atoms with E-state index in [2.05, 4.69) is 0 Å². The molecule has 138 valence electrons. The zero-order valence-electron chi connectivity index (χ0n) is 15.5. The predicted molar refractivity (Wildman–Crippen MR) is 110 cm³/mol. The minimum atomic E-state index is -0.965. The Bertz CT molecular complexity index is 1080. The first-order chi connectivity index (χ1) is 13.7. The first kappa shape index (κ1) is 17.9. The number of nitrogens with zero attached hydrogens (tertiary/aromatic N) is 2. The van der Waals surface area contributed by atoms with Gasteiger partial charge in [0.1, 0.15) is 17.5 Å². The van der Waals surface area contributed by atoms with Crippen molar-refractivity contribution in [2.45, 2.75) is 13.0 Å². The number of aliphatic hydroxyl groups is 1. The van der Waals surface area contributed by atoms with Gasteiger partial charge in [0.05, 0.1) is 0 Å². The normalized spacial score (nSPS) is 11.9. The van der Waals surface area contributed by atoms with Crippen molar-refractivity contribution in [3.8, 4) is 33.8 Å². The summed E-state index contributed by atoms with van der Waals surface area (Å²) in [5.41, 5.74) is 4.15. The lowest BCUT2D eigenvalue weighted by atomic mass is 10.0. The van der Waals surface area contributed by atoms with E-state index in [1.165, 1.54) is 0 Å². The predicted octanol–water partition coefficient (Wildman–Crippen LogP) is 4.77. The smallest absolute Gasteiger partial charge is 0.250 e. The molecule has 0 spiro atoms. The highest BCUT2D eigenvalue weighted by Crippen LogP contribution is 2.33. The van der Waals surface area contributed by atoms with Gasteiger partial charge in [-0.1, -0.05) is 78.9 Å². The summed E-state index contributed by atoms with van der Waals surface area (Å²) in [6.07, 6.45) is -0.965. The van der Waals surface area contributed by atoms with E-state index in [1.54, 1.807) is 6.92 Å². The molecule has 4 aromatic rings. The Hall–Kier alpha value is -3.50. The highest BCUT2D eigenvalue weighted by molar-refractivity contribution is 5.78. The van der Waals surface area contributed by atoms with Crippen LogP contribution in [0.2, 0.25) is 0 Å². The van der Waals surface area contributed by atoms with E-state index in [0.717, 1.165) is 21.4 Å². The molecular formula is C24H20N2O2. The average molecular weight is 368 g/mol. The SMILES string of the molecule is CC(O)c1c(-c2ccccc2)nc(-c2ccccc2)c(-c2ccccc2)[n+]1[O-]. The van der Waals surface area contributed by atoms with Crippen LogP contribution in [0.3, 0.4) is 0 Å². The van der Waals surface area contributed by atoms with Gasteiger partial charge in [0.25, 0.3) is 5.69 Å². The average Bonchev–Trinajstić information content (AvgIpc) is 2.74. The van der Waals surface area contributed by atoms with E-state index in [-0.39, 0.29) is 5.69 Å². The van der Waals surface area contributed by atoms with Crippen LogP contribution < -0.4 is 4.73 Å². The quantitative estimate of drug-likeness (QED) is 0.417. The van der Waals surface area contributed by atoms with E-state index in [1.807, 2.05) is 91.0 Å². The van der Waals surface area contributed by atoms with Gasteiger partial charge < -0.3 is 10.3 Å². The third-order valence-corrected chi connectivity index (χ3v) is 4.65. The first-order valence-electron chi connectivity index (χ1n) is 9.18. The topological polar surface area (TPSA) is 60.1 Å². The lowest BCUT2D eigenvalue weighted by Gasteiger charge is -2.18. The molecule has 0 bridgehead atoms. The molecule has 1 unspecified atom stereocenters. The van der Waals surface area contributed by atoms with Crippen LogP contribution in [0.5, 0.6) is 0 Å². The lowest BCUT2D eigenvalue weighted by Crippen LogP contribution is -2.38. The maximum absolute atomic E-state index is 13.5. The molecule has 0 saturated carbocycles. The van der Waals surface area contributed by atoms with Gasteiger partial charge >= 0.3 is 0 Å². The van der Waals surface area contributed by atoms with Crippen molar-refractivity contribution in [3.05, 3.63) is 102 Å². The van der Waals surface area contributed by atoms with Crippen molar-refractivity contribution in [1.82, 2.24) is 4.98 Å². The molecule has 1 N–H and O–H groups in total. The molecule has 4 heteroatoms. The summed E-state index contributed by atoms with van der Waals surface area (Å²) in [5, 5.41) is 23.9. The fraction of sp³-hybridized carbons (Fsp3) is 0.0833. The molecule has 3 aromatic carbocycles. The maximum Gasteiger partial charge on any atom is 0.250 e. The number of benzene rings is 3. The van der Waals surface area contributed by atoms with Crippen LogP contribution in [0.4, 0.5) is 0 Å². The van der Waals surface area contributed by atoms with E-state index >= 15 is 0 Å². The van der Waals surface area contributed by atoms with Gasteiger partial charge in [0.15, 0.2) is 0 Å². The summed E-state index contributed by atoms with van der Waals surface area (Å²) in [7, 11) is 0.